The molecule has 2 amide bonds. The minimum Gasteiger partial charge on any atom is -0.454 e. The molecule has 3 rings (SSSR count). The molecule has 0 aliphatic carbocycles. The number of benzene rings is 3. The van der Waals surface area contributed by atoms with Crippen molar-refractivity contribution in [2.45, 2.75) is 11.8 Å². The van der Waals surface area contributed by atoms with E-state index in [2.05, 4.69) is 10.6 Å². The van der Waals surface area contributed by atoms with Gasteiger partial charge in [-0.3, -0.25) is 4.55 Å². The van der Waals surface area contributed by atoms with Gasteiger partial charge in [0.2, 0.25) is 0 Å². The van der Waals surface area contributed by atoms with Crippen molar-refractivity contribution in [2.75, 3.05) is 10.6 Å². The third kappa shape index (κ3) is 6.46. The maximum atomic E-state index is 12.2. The average Bonchev–Trinajstić information content (AvgIpc) is 2.64. The first kappa shape index (κ1) is 24.2. The van der Waals surface area contributed by atoms with Gasteiger partial charge in [-0.15, -0.1) is 0 Å². The van der Waals surface area contributed by atoms with E-state index in [-0.39, 0.29) is 51.8 Å². The smallest absolute Gasteiger partial charge is 0.454 e. The maximum Gasteiger partial charge on any atom is 1.00 e. The summed E-state index contributed by atoms with van der Waals surface area (Å²) in [5, 5.41) is 5.43. The minimum atomic E-state index is -4.63. The van der Waals surface area contributed by atoms with Gasteiger partial charge < -0.3 is 15.4 Å². The monoisotopic (exact) mass is 455 g/mol. The molecule has 0 aliphatic heterocycles. The summed E-state index contributed by atoms with van der Waals surface area (Å²) in [4.78, 5) is 11.7. The van der Waals surface area contributed by atoms with Crippen LogP contribution in [0.3, 0.4) is 0 Å². The molecule has 0 radical (unpaired) electrons. The van der Waals surface area contributed by atoms with E-state index in [0.717, 1.165) is 11.6 Å². The molecular formula is C20H17ClN2NaO5S+. The molecule has 0 unspecified atom stereocenters. The molecule has 0 fully saturated rings. The molecule has 0 saturated heterocycles. The molecule has 0 heterocycles. The van der Waals surface area contributed by atoms with Crippen LogP contribution in [0.15, 0.2) is 71.6 Å². The molecule has 0 saturated carbocycles. The maximum absolute atomic E-state index is 12.2. The van der Waals surface area contributed by atoms with Gasteiger partial charge in [0.15, 0.2) is 0 Å². The van der Waals surface area contributed by atoms with E-state index in [4.69, 9.17) is 16.3 Å². The van der Waals surface area contributed by atoms with Crippen molar-refractivity contribution in [3.63, 3.8) is 0 Å². The van der Waals surface area contributed by atoms with Crippen LogP contribution in [0.1, 0.15) is 5.56 Å². The van der Waals surface area contributed by atoms with Gasteiger partial charge in [-0.05, 0) is 55.0 Å². The van der Waals surface area contributed by atoms with Gasteiger partial charge in [-0.2, -0.15) is 8.42 Å². The van der Waals surface area contributed by atoms with Gasteiger partial charge in [0.25, 0.3) is 10.1 Å². The van der Waals surface area contributed by atoms with Gasteiger partial charge in [0, 0.05) is 11.4 Å². The number of para-hydroxylation sites is 1. The number of anilines is 2. The van der Waals surface area contributed by atoms with E-state index in [1.165, 1.54) is 12.1 Å². The number of carbonyl (C=O) groups is 1. The number of rotatable bonds is 5. The molecule has 30 heavy (non-hydrogen) atoms. The van der Waals surface area contributed by atoms with Crippen LogP contribution in [0.4, 0.5) is 16.2 Å². The molecule has 0 aliphatic rings. The van der Waals surface area contributed by atoms with Crippen molar-refractivity contribution in [1.29, 1.82) is 0 Å². The van der Waals surface area contributed by atoms with Crippen molar-refractivity contribution in [3.8, 4) is 11.5 Å². The SMILES string of the molecule is Cc1cccc(NC(=O)Nc2ccc(Oc3ccccc3Cl)c(S(=O)(=O)O)c2)c1.[Na+]. The van der Waals surface area contributed by atoms with Gasteiger partial charge in [0.1, 0.15) is 16.4 Å². The van der Waals surface area contributed by atoms with E-state index < -0.39 is 21.0 Å². The topological polar surface area (TPSA) is 105 Å². The van der Waals surface area contributed by atoms with E-state index >= 15 is 0 Å². The quantitative estimate of drug-likeness (QED) is 0.404. The summed E-state index contributed by atoms with van der Waals surface area (Å²) >= 11 is 6.03. The van der Waals surface area contributed by atoms with Gasteiger partial charge >= 0.3 is 35.6 Å². The summed E-state index contributed by atoms with van der Waals surface area (Å²) in [5.74, 6) is 0.0854. The van der Waals surface area contributed by atoms with Crippen molar-refractivity contribution >= 4 is 39.1 Å². The average molecular weight is 456 g/mol. The number of hydrogen-bond acceptors (Lipinski definition) is 4. The molecule has 150 valence electrons. The zero-order chi connectivity index (χ0) is 21.0. The fourth-order valence-corrected chi connectivity index (χ4v) is 3.35. The molecule has 10 heteroatoms. The Labute approximate surface area is 201 Å². The van der Waals surface area contributed by atoms with Crippen LogP contribution in [0.5, 0.6) is 11.5 Å². The second-order valence-electron chi connectivity index (χ2n) is 6.12. The first-order chi connectivity index (χ1) is 13.7. The molecule has 3 aromatic carbocycles. The third-order valence-corrected chi connectivity index (χ3v) is 5.00. The van der Waals surface area contributed by atoms with Crippen molar-refractivity contribution < 1.29 is 52.1 Å². The second-order valence-corrected chi connectivity index (χ2v) is 7.91. The van der Waals surface area contributed by atoms with Crippen LogP contribution in [0.25, 0.3) is 0 Å². The summed E-state index contributed by atoms with van der Waals surface area (Å²) in [6.45, 7) is 1.89. The van der Waals surface area contributed by atoms with Crippen LogP contribution in [0, 0.1) is 6.92 Å². The standard InChI is InChI=1S/C20H17ClN2O5S.Na/c1-13-5-4-6-14(11-13)22-20(24)23-15-9-10-18(19(12-15)29(25,26)27)28-17-8-3-2-7-16(17)21;/h2-12H,1H3,(H2,22,23,24)(H,25,26,27);/q;+1. The number of nitrogens with one attached hydrogen (secondary N) is 2. The zero-order valence-electron chi connectivity index (χ0n) is 16.2. The number of ether oxygens (including phenoxy) is 1. The van der Waals surface area contributed by atoms with E-state index in [1.807, 2.05) is 13.0 Å². The molecule has 7 nitrogen and oxygen atoms in total. The predicted molar refractivity (Wildman–Crippen MR) is 112 cm³/mol. The van der Waals surface area contributed by atoms with Crippen molar-refractivity contribution in [3.05, 3.63) is 77.3 Å². The van der Waals surface area contributed by atoms with Crippen LogP contribution in [-0.4, -0.2) is 19.0 Å². The number of aryl methyl sites for hydroxylation is 1. The van der Waals surface area contributed by atoms with Crippen LogP contribution < -0.4 is 44.9 Å². The normalized spacial score (nSPS) is 10.6. The molecule has 0 atom stereocenters. The van der Waals surface area contributed by atoms with Gasteiger partial charge in [-0.1, -0.05) is 35.9 Å². The second kappa shape index (κ2) is 10.3. The van der Waals surface area contributed by atoms with Gasteiger partial charge in [-0.25, -0.2) is 4.79 Å². The van der Waals surface area contributed by atoms with Crippen LogP contribution >= 0.6 is 11.6 Å². The summed E-state index contributed by atoms with van der Waals surface area (Å²) in [5.41, 5.74) is 1.70. The Hall–Kier alpha value is -2.07. The Morgan fingerprint density at radius 3 is 2.23 bits per heavy atom. The van der Waals surface area contributed by atoms with Crippen LogP contribution in [0.2, 0.25) is 5.02 Å². The summed E-state index contributed by atoms with van der Waals surface area (Å²) in [6.07, 6.45) is 0. The molecule has 3 N–H and O–H groups in total. The first-order valence-electron chi connectivity index (χ1n) is 8.41. The molecule has 0 aromatic heterocycles. The van der Waals surface area contributed by atoms with Crippen molar-refractivity contribution in [2.24, 2.45) is 0 Å². The number of hydrogen-bond donors (Lipinski definition) is 3. The third-order valence-electron chi connectivity index (χ3n) is 3.81. The van der Waals surface area contributed by atoms with E-state index in [0.29, 0.717) is 5.69 Å². The largest absolute Gasteiger partial charge is 1.00 e. The summed E-state index contributed by atoms with van der Waals surface area (Å²) in [6, 6.07) is 17.0. The Morgan fingerprint density at radius 1 is 0.933 bits per heavy atom. The fourth-order valence-electron chi connectivity index (χ4n) is 2.53. The first-order valence-corrected chi connectivity index (χ1v) is 10.2. The Morgan fingerprint density at radius 2 is 1.60 bits per heavy atom. The van der Waals surface area contributed by atoms with Gasteiger partial charge in [0.05, 0.1) is 5.02 Å². The number of carbonyl (C=O) groups excluding carboxylic acids is 1. The summed E-state index contributed by atoms with van der Waals surface area (Å²) < 4.78 is 38.7. The fraction of sp³-hybridized carbons (Fsp3) is 0.0500. The molecule has 0 bridgehead atoms. The minimum absolute atomic E-state index is 0. The number of amides is 2. The predicted octanol–water partition coefficient (Wildman–Crippen LogP) is 2.34. The number of halogens is 1. The molecular weight excluding hydrogens is 439 g/mol. The van der Waals surface area contributed by atoms with Crippen molar-refractivity contribution in [1.82, 2.24) is 0 Å². The molecule has 0 spiro atoms. The zero-order valence-corrected chi connectivity index (χ0v) is 19.8. The molecule has 3 aromatic rings. The Kier molecular flexibility index (Phi) is 8.31. The Bertz CT molecular complexity index is 1170. The Balaban J connectivity index is 0.00000320. The van der Waals surface area contributed by atoms with Crippen LogP contribution in [-0.2, 0) is 10.1 Å². The van der Waals surface area contributed by atoms with E-state index in [9.17, 15) is 17.8 Å². The summed E-state index contributed by atoms with van der Waals surface area (Å²) in [7, 11) is -4.63. The number of urea groups is 1. The van der Waals surface area contributed by atoms with E-state index in [1.54, 1.807) is 42.5 Å².